The number of benzene rings is 1. The van der Waals surface area contributed by atoms with Crippen LogP contribution >= 0.6 is 12.4 Å². The smallest absolute Gasteiger partial charge is 0.322 e. The van der Waals surface area contributed by atoms with Crippen LogP contribution in [0.4, 0.5) is 5.69 Å². The SMILES string of the molecule is Cc1nn(C)c(C(=O)N(CCN)CCc2ccccc2)c1[N+](=O)[O-].Cl. The summed E-state index contributed by atoms with van der Waals surface area (Å²) in [5, 5.41) is 15.3. The largest absolute Gasteiger partial charge is 0.335 e. The Morgan fingerprint density at radius 2 is 1.96 bits per heavy atom. The summed E-state index contributed by atoms with van der Waals surface area (Å²) in [6, 6.07) is 9.73. The minimum Gasteiger partial charge on any atom is -0.335 e. The van der Waals surface area contributed by atoms with Crippen LogP contribution in [0.3, 0.4) is 0 Å². The highest BCUT2D eigenvalue weighted by Gasteiger charge is 2.31. The number of hydrogen-bond donors (Lipinski definition) is 1. The molecule has 0 atom stereocenters. The van der Waals surface area contributed by atoms with Crippen molar-refractivity contribution >= 4 is 24.0 Å². The van der Waals surface area contributed by atoms with Crippen LogP contribution in [-0.4, -0.2) is 45.1 Å². The summed E-state index contributed by atoms with van der Waals surface area (Å²) in [7, 11) is 1.53. The van der Waals surface area contributed by atoms with Gasteiger partial charge >= 0.3 is 5.69 Å². The molecule has 0 saturated carbocycles. The number of nitro groups is 1. The molecular formula is C16H22ClN5O3. The number of halogens is 1. The van der Waals surface area contributed by atoms with Gasteiger partial charge in [-0.25, -0.2) is 0 Å². The first-order chi connectivity index (χ1) is 11.5. The third kappa shape index (κ3) is 4.77. The van der Waals surface area contributed by atoms with Crippen molar-refractivity contribution in [3.63, 3.8) is 0 Å². The Kier molecular flexibility index (Phi) is 7.53. The van der Waals surface area contributed by atoms with Crippen molar-refractivity contribution < 1.29 is 9.72 Å². The van der Waals surface area contributed by atoms with E-state index in [0.29, 0.717) is 19.5 Å². The zero-order valence-electron chi connectivity index (χ0n) is 14.2. The Morgan fingerprint density at radius 1 is 1.32 bits per heavy atom. The number of rotatable bonds is 7. The summed E-state index contributed by atoms with van der Waals surface area (Å²) in [6.07, 6.45) is 0.650. The van der Waals surface area contributed by atoms with Crippen molar-refractivity contribution in [3.8, 4) is 0 Å². The van der Waals surface area contributed by atoms with Gasteiger partial charge in [-0.1, -0.05) is 30.3 Å². The second-order valence-corrected chi connectivity index (χ2v) is 5.48. The Hall–Kier alpha value is -2.45. The van der Waals surface area contributed by atoms with Crippen LogP contribution in [0.5, 0.6) is 0 Å². The van der Waals surface area contributed by atoms with E-state index < -0.39 is 10.8 Å². The highest BCUT2D eigenvalue weighted by atomic mass is 35.5. The minimum absolute atomic E-state index is 0. The molecule has 136 valence electrons. The lowest BCUT2D eigenvalue weighted by Crippen LogP contribution is -2.38. The van der Waals surface area contributed by atoms with Crippen LogP contribution in [0.2, 0.25) is 0 Å². The topological polar surface area (TPSA) is 107 Å². The zero-order valence-corrected chi connectivity index (χ0v) is 15.0. The van der Waals surface area contributed by atoms with Gasteiger partial charge in [-0.3, -0.25) is 19.6 Å². The van der Waals surface area contributed by atoms with E-state index in [1.165, 1.54) is 23.6 Å². The molecule has 1 aromatic heterocycles. The normalized spacial score (nSPS) is 10.2. The number of nitrogens with two attached hydrogens (primary N) is 1. The van der Waals surface area contributed by atoms with Gasteiger partial charge in [0, 0.05) is 26.7 Å². The average Bonchev–Trinajstić information content (AvgIpc) is 2.86. The predicted octanol–water partition coefficient (Wildman–Crippen LogP) is 1.70. The fourth-order valence-electron chi connectivity index (χ4n) is 2.63. The second-order valence-electron chi connectivity index (χ2n) is 5.48. The lowest BCUT2D eigenvalue weighted by Gasteiger charge is -2.21. The van der Waals surface area contributed by atoms with Gasteiger partial charge in [-0.2, -0.15) is 5.10 Å². The van der Waals surface area contributed by atoms with Crippen molar-refractivity contribution in [2.75, 3.05) is 19.6 Å². The summed E-state index contributed by atoms with van der Waals surface area (Å²) in [5.41, 5.74) is 6.65. The van der Waals surface area contributed by atoms with Gasteiger partial charge in [0.1, 0.15) is 5.69 Å². The fourth-order valence-corrected chi connectivity index (χ4v) is 2.63. The number of amides is 1. The lowest BCUT2D eigenvalue weighted by molar-refractivity contribution is -0.385. The van der Waals surface area contributed by atoms with E-state index in [4.69, 9.17) is 5.73 Å². The summed E-state index contributed by atoms with van der Waals surface area (Å²) in [6.45, 7) is 2.56. The number of nitrogens with zero attached hydrogens (tertiary/aromatic N) is 4. The van der Waals surface area contributed by atoms with Crippen LogP contribution in [0, 0.1) is 17.0 Å². The monoisotopic (exact) mass is 367 g/mol. The zero-order chi connectivity index (χ0) is 17.7. The molecule has 2 N–H and O–H groups in total. The number of carbonyl (C=O) groups is 1. The van der Waals surface area contributed by atoms with Gasteiger partial charge in [-0.15, -0.1) is 12.4 Å². The highest BCUT2D eigenvalue weighted by molar-refractivity contribution is 5.97. The van der Waals surface area contributed by atoms with Gasteiger partial charge in [0.2, 0.25) is 5.69 Å². The molecule has 9 heteroatoms. The van der Waals surface area contributed by atoms with Crippen LogP contribution in [0.15, 0.2) is 30.3 Å². The van der Waals surface area contributed by atoms with Crippen molar-refractivity contribution in [2.45, 2.75) is 13.3 Å². The van der Waals surface area contributed by atoms with Gasteiger partial charge in [0.25, 0.3) is 5.91 Å². The van der Waals surface area contributed by atoms with E-state index in [9.17, 15) is 14.9 Å². The maximum absolute atomic E-state index is 12.8. The molecule has 1 amide bonds. The number of hydrogen-bond acceptors (Lipinski definition) is 5. The molecule has 25 heavy (non-hydrogen) atoms. The highest BCUT2D eigenvalue weighted by Crippen LogP contribution is 2.23. The number of carbonyl (C=O) groups excluding carboxylic acids is 1. The summed E-state index contributed by atoms with van der Waals surface area (Å²) < 4.78 is 1.27. The standard InChI is InChI=1S/C16H21N5O3.ClH/c1-12-14(21(23)24)15(19(2)18-12)16(22)20(11-9-17)10-8-13-6-4-3-5-7-13;/h3-7H,8-11,17H2,1-2H3;1H. The molecule has 0 spiro atoms. The van der Waals surface area contributed by atoms with Crippen molar-refractivity contribution in [1.29, 1.82) is 0 Å². The molecule has 0 unspecified atom stereocenters. The first kappa shape index (κ1) is 20.6. The van der Waals surface area contributed by atoms with E-state index in [-0.39, 0.29) is 36.0 Å². The van der Waals surface area contributed by atoms with Gasteiger partial charge in [-0.05, 0) is 18.9 Å². The minimum atomic E-state index is -0.562. The Labute approximate surface area is 152 Å². The molecule has 0 saturated heterocycles. The molecule has 1 aromatic carbocycles. The van der Waals surface area contributed by atoms with E-state index in [0.717, 1.165) is 5.56 Å². The molecule has 0 aliphatic rings. The maximum atomic E-state index is 12.8. The Morgan fingerprint density at radius 3 is 2.52 bits per heavy atom. The lowest BCUT2D eigenvalue weighted by atomic mass is 10.1. The Bertz CT molecular complexity index is 733. The van der Waals surface area contributed by atoms with Crippen molar-refractivity contribution in [3.05, 3.63) is 57.4 Å². The van der Waals surface area contributed by atoms with Crippen molar-refractivity contribution in [1.82, 2.24) is 14.7 Å². The third-order valence-electron chi connectivity index (χ3n) is 3.78. The van der Waals surface area contributed by atoms with Crippen LogP contribution < -0.4 is 5.73 Å². The molecule has 0 aliphatic heterocycles. The fraction of sp³-hybridized carbons (Fsp3) is 0.375. The second kappa shape index (κ2) is 9.14. The molecule has 0 radical (unpaired) electrons. The summed E-state index contributed by atoms with van der Waals surface area (Å²) in [5.74, 6) is -0.425. The first-order valence-corrected chi connectivity index (χ1v) is 7.67. The molecule has 0 aliphatic carbocycles. The van der Waals surface area contributed by atoms with Gasteiger partial charge < -0.3 is 10.6 Å². The van der Waals surface area contributed by atoms with Gasteiger partial charge in [0.05, 0.1) is 4.92 Å². The Balaban J connectivity index is 0.00000312. The third-order valence-corrected chi connectivity index (χ3v) is 3.78. The molecular weight excluding hydrogens is 346 g/mol. The molecule has 2 aromatic rings. The quantitative estimate of drug-likeness (QED) is 0.592. The van der Waals surface area contributed by atoms with E-state index in [1.807, 2.05) is 30.3 Å². The molecule has 0 fully saturated rings. The molecule has 0 bridgehead atoms. The van der Waals surface area contributed by atoms with Gasteiger partial charge in [0.15, 0.2) is 0 Å². The molecule has 2 rings (SSSR count). The maximum Gasteiger partial charge on any atom is 0.322 e. The number of aryl methyl sites for hydroxylation is 2. The van der Waals surface area contributed by atoms with E-state index in [2.05, 4.69) is 5.10 Å². The van der Waals surface area contributed by atoms with E-state index in [1.54, 1.807) is 0 Å². The van der Waals surface area contributed by atoms with Crippen LogP contribution in [0.1, 0.15) is 21.7 Å². The van der Waals surface area contributed by atoms with Crippen LogP contribution in [0.25, 0.3) is 0 Å². The first-order valence-electron chi connectivity index (χ1n) is 7.67. The van der Waals surface area contributed by atoms with Crippen molar-refractivity contribution in [2.24, 2.45) is 12.8 Å². The van der Waals surface area contributed by atoms with Crippen LogP contribution in [-0.2, 0) is 13.5 Å². The summed E-state index contributed by atoms with van der Waals surface area (Å²) >= 11 is 0. The average molecular weight is 368 g/mol. The van der Waals surface area contributed by atoms with E-state index >= 15 is 0 Å². The molecule has 1 heterocycles. The number of aromatic nitrogens is 2. The predicted molar refractivity (Wildman–Crippen MR) is 97.0 cm³/mol. The molecule has 8 nitrogen and oxygen atoms in total. The summed E-state index contributed by atoms with van der Waals surface area (Å²) in [4.78, 5) is 25.1.